The molecule has 0 bridgehead atoms. The van der Waals surface area contributed by atoms with Gasteiger partial charge in [-0.2, -0.15) is 5.10 Å². The SMILES string of the molecule is Cc1ccc(CC(=O)N/N=C/c2cn(Cc3cccc(Cl)c3)c3ccccc23)c(C)c1. The summed E-state index contributed by atoms with van der Waals surface area (Å²) in [7, 11) is 0. The number of fused-ring (bicyclic) bond motifs is 1. The van der Waals surface area contributed by atoms with E-state index in [9.17, 15) is 4.79 Å². The van der Waals surface area contributed by atoms with Gasteiger partial charge < -0.3 is 4.57 Å². The lowest BCUT2D eigenvalue weighted by Crippen LogP contribution is -2.20. The molecule has 31 heavy (non-hydrogen) atoms. The number of hydrogen-bond acceptors (Lipinski definition) is 2. The number of nitrogens with one attached hydrogen (secondary N) is 1. The van der Waals surface area contributed by atoms with Crippen LogP contribution in [-0.2, 0) is 17.8 Å². The highest BCUT2D eigenvalue weighted by Crippen LogP contribution is 2.22. The lowest BCUT2D eigenvalue weighted by molar-refractivity contribution is -0.120. The Bertz CT molecular complexity index is 1270. The molecule has 4 aromatic rings. The molecule has 5 heteroatoms. The quantitative estimate of drug-likeness (QED) is 0.312. The highest BCUT2D eigenvalue weighted by molar-refractivity contribution is 6.30. The van der Waals surface area contributed by atoms with Gasteiger partial charge in [-0.1, -0.05) is 65.7 Å². The molecule has 1 heterocycles. The van der Waals surface area contributed by atoms with Crippen molar-refractivity contribution in [3.8, 4) is 0 Å². The number of rotatable bonds is 6. The van der Waals surface area contributed by atoms with Crippen LogP contribution in [0.4, 0.5) is 0 Å². The van der Waals surface area contributed by atoms with Crippen molar-refractivity contribution < 1.29 is 4.79 Å². The molecule has 4 nitrogen and oxygen atoms in total. The Hall–Kier alpha value is -3.37. The topological polar surface area (TPSA) is 46.4 Å². The first kappa shape index (κ1) is 20.9. The van der Waals surface area contributed by atoms with E-state index in [0.717, 1.165) is 38.2 Å². The second kappa shape index (κ2) is 9.19. The van der Waals surface area contributed by atoms with Crippen LogP contribution in [0.25, 0.3) is 10.9 Å². The van der Waals surface area contributed by atoms with Gasteiger partial charge in [0, 0.05) is 34.2 Å². The minimum atomic E-state index is -0.133. The average Bonchev–Trinajstić information content (AvgIpc) is 3.08. The molecule has 0 unspecified atom stereocenters. The summed E-state index contributed by atoms with van der Waals surface area (Å²) in [6.07, 6.45) is 4.06. The zero-order chi connectivity index (χ0) is 21.8. The second-order valence-corrected chi connectivity index (χ2v) is 8.20. The smallest absolute Gasteiger partial charge is 0.244 e. The number of aryl methyl sites for hydroxylation is 2. The summed E-state index contributed by atoms with van der Waals surface area (Å²) in [6, 6.07) is 22.1. The van der Waals surface area contributed by atoms with E-state index in [0.29, 0.717) is 13.0 Å². The average molecular weight is 430 g/mol. The van der Waals surface area contributed by atoms with E-state index in [4.69, 9.17) is 11.6 Å². The van der Waals surface area contributed by atoms with E-state index in [2.05, 4.69) is 39.4 Å². The number of aromatic nitrogens is 1. The summed E-state index contributed by atoms with van der Waals surface area (Å²) in [5.41, 5.74) is 9.14. The van der Waals surface area contributed by atoms with E-state index < -0.39 is 0 Å². The number of carbonyl (C=O) groups excluding carboxylic acids is 1. The molecular formula is C26H24ClN3O. The molecule has 0 spiro atoms. The minimum absolute atomic E-state index is 0.133. The Balaban J connectivity index is 1.50. The van der Waals surface area contributed by atoms with Gasteiger partial charge in [0.2, 0.25) is 5.91 Å². The largest absolute Gasteiger partial charge is 0.342 e. The summed E-state index contributed by atoms with van der Waals surface area (Å²) < 4.78 is 2.17. The Morgan fingerprint density at radius 3 is 2.71 bits per heavy atom. The van der Waals surface area contributed by atoms with Gasteiger partial charge in [-0.3, -0.25) is 4.79 Å². The van der Waals surface area contributed by atoms with Crippen LogP contribution in [0.5, 0.6) is 0 Å². The third-order valence-corrected chi connectivity index (χ3v) is 5.54. The van der Waals surface area contributed by atoms with Crippen LogP contribution in [0.2, 0.25) is 5.02 Å². The van der Waals surface area contributed by atoms with Crippen molar-refractivity contribution >= 4 is 34.6 Å². The van der Waals surface area contributed by atoms with Gasteiger partial charge >= 0.3 is 0 Å². The molecule has 0 saturated carbocycles. The summed E-state index contributed by atoms with van der Waals surface area (Å²) in [4.78, 5) is 12.3. The lowest BCUT2D eigenvalue weighted by Gasteiger charge is -2.06. The van der Waals surface area contributed by atoms with Crippen molar-refractivity contribution in [3.63, 3.8) is 0 Å². The maximum absolute atomic E-state index is 12.3. The molecule has 0 fully saturated rings. The number of para-hydroxylation sites is 1. The summed E-state index contributed by atoms with van der Waals surface area (Å²) in [5.74, 6) is -0.133. The van der Waals surface area contributed by atoms with Gasteiger partial charge in [0.1, 0.15) is 0 Å². The van der Waals surface area contributed by atoms with Crippen molar-refractivity contribution in [2.75, 3.05) is 0 Å². The van der Waals surface area contributed by atoms with Gasteiger partial charge in [-0.05, 0) is 48.7 Å². The Morgan fingerprint density at radius 1 is 1.06 bits per heavy atom. The Labute approximate surface area is 187 Å². The second-order valence-electron chi connectivity index (χ2n) is 7.76. The Kier molecular flexibility index (Phi) is 6.19. The van der Waals surface area contributed by atoms with E-state index in [-0.39, 0.29) is 5.91 Å². The first-order valence-corrected chi connectivity index (χ1v) is 10.6. The molecule has 4 rings (SSSR count). The highest BCUT2D eigenvalue weighted by atomic mass is 35.5. The maximum Gasteiger partial charge on any atom is 0.244 e. The van der Waals surface area contributed by atoms with Crippen LogP contribution in [0.3, 0.4) is 0 Å². The number of hydrogen-bond donors (Lipinski definition) is 1. The van der Waals surface area contributed by atoms with Gasteiger partial charge in [0.25, 0.3) is 0 Å². The first-order chi connectivity index (χ1) is 15.0. The fourth-order valence-corrected chi connectivity index (χ4v) is 3.98. The van der Waals surface area contributed by atoms with Gasteiger partial charge in [-0.25, -0.2) is 5.43 Å². The summed E-state index contributed by atoms with van der Waals surface area (Å²) >= 11 is 6.14. The van der Waals surface area contributed by atoms with E-state index in [1.165, 1.54) is 5.56 Å². The predicted molar refractivity (Wildman–Crippen MR) is 128 cm³/mol. The van der Waals surface area contributed by atoms with Crippen LogP contribution in [0.15, 0.2) is 78.0 Å². The zero-order valence-electron chi connectivity index (χ0n) is 17.6. The van der Waals surface area contributed by atoms with Crippen LogP contribution in [-0.4, -0.2) is 16.7 Å². The van der Waals surface area contributed by atoms with E-state index >= 15 is 0 Å². The fraction of sp³-hybridized carbons (Fsp3) is 0.154. The zero-order valence-corrected chi connectivity index (χ0v) is 18.4. The predicted octanol–water partition coefficient (Wildman–Crippen LogP) is 5.65. The molecule has 1 N–H and O–H groups in total. The number of hydrazone groups is 1. The number of benzene rings is 3. The standard InChI is InChI=1S/C26H24ClN3O/c1-18-10-11-21(19(2)12-18)14-26(31)29-28-15-22-17-30(25-9-4-3-8-24(22)25)16-20-6-5-7-23(27)13-20/h3-13,15,17H,14,16H2,1-2H3,(H,29,31)/b28-15+. The number of halogens is 1. The van der Waals surface area contributed by atoms with Gasteiger partial charge in [0.15, 0.2) is 0 Å². The van der Waals surface area contributed by atoms with Crippen LogP contribution in [0, 0.1) is 13.8 Å². The molecule has 1 aromatic heterocycles. The molecule has 0 saturated heterocycles. The maximum atomic E-state index is 12.3. The number of amides is 1. The van der Waals surface area contributed by atoms with E-state index in [1.54, 1.807) is 6.21 Å². The van der Waals surface area contributed by atoms with Crippen molar-refractivity contribution in [2.45, 2.75) is 26.8 Å². The molecule has 0 radical (unpaired) electrons. The first-order valence-electron chi connectivity index (χ1n) is 10.2. The fourth-order valence-electron chi connectivity index (χ4n) is 3.77. The molecule has 0 aliphatic carbocycles. The van der Waals surface area contributed by atoms with Gasteiger partial charge in [-0.15, -0.1) is 0 Å². The third-order valence-electron chi connectivity index (χ3n) is 5.30. The van der Waals surface area contributed by atoms with Gasteiger partial charge in [0.05, 0.1) is 12.6 Å². The molecule has 1 amide bonds. The van der Waals surface area contributed by atoms with Crippen molar-refractivity contribution in [2.24, 2.45) is 5.10 Å². The molecule has 3 aromatic carbocycles. The summed E-state index contributed by atoms with van der Waals surface area (Å²) in [6.45, 7) is 4.77. The highest BCUT2D eigenvalue weighted by Gasteiger charge is 2.08. The summed E-state index contributed by atoms with van der Waals surface area (Å²) in [5, 5.41) is 6.02. The molecule has 0 aliphatic heterocycles. The van der Waals surface area contributed by atoms with Crippen molar-refractivity contribution in [3.05, 3.63) is 106 Å². The normalized spacial score (nSPS) is 11.3. The van der Waals surface area contributed by atoms with Crippen LogP contribution < -0.4 is 5.43 Å². The third kappa shape index (κ3) is 5.04. The van der Waals surface area contributed by atoms with Crippen molar-refractivity contribution in [1.29, 1.82) is 0 Å². The van der Waals surface area contributed by atoms with E-state index in [1.807, 2.05) is 62.5 Å². The van der Waals surface area contributed by atoms with Crippen molar-refractivity contribution in [1.82, 2.24) is 9.99 Å². The molecule has 0 atom stereocenters. The lowest BCUT2D eigenvalue weighted by atomic mass is 10.0. The minimum Gasteiger partial charge on any atom is -0.342 e. The molecular weight excluding hydrogens is 406 g/mol. The molecule has 156 valence electrons. The Morgan fingerprint density at radius 2 is 1.90 bits per heavy atom. The monoisotopic (exact) mass is 429 g/mol. The van der Waals surface area contributed by atoms with Crippen LogP contribution in [0.1, 0.15) is 27.8 Å². The molecule has 0 aliphatic rings. The van der Waals surface area contributed by atoms with Crippen LogP contribution >= 0.6 is 11.6 Å². The number of nitrogens with zero attached hydrogens (tertiary/aromatic N) is 2. The number of carbonyl (C=O) groups is 1.